The van der Waals surface area contributed by atoms with Crippen molar-refractivity contribution < 1.29 is 9.53 Å². The molecule has 0 bridgehead atoms. The van der Waals surface area contributed by atoms with Crippen LogP contribution >= 0.6 is 0 Å². The zero-order valence-electron chi connectivity index (χ0n) is 14.5. The molecular weight excluding hydrogens is 290 g/mol. The van der Waals surface area contributed by atoms with Gasteiger partial charge in [-0.05, 0) is 56.7 Å². The fourth-order valence-corrected chi connectivity index (χ4v) is 3.15. The Morgan fingerprint density at radius 2 is 2.22 bits per heavy atom. The predicted molar refractivity (Wildman–Crippen MR) is 91.2 cm³/mol. The van der Waals surface area contributed by atoms with Gasteiger partial charge in [0.1, 0.15) is 0 Å². The highest BCUT2D eigenvalue weighted by atomic mass is 16.5. The quantitative estimate of drug-likeness (QED) is 0.836. The predicted octanol–water partition coefficient (Wildman–Crippen LogP) is 3.52. The number of ether oxygens (including phenoxy) is 1. The van der Waals surface area contributed by atoms with Crippen molar-refractivity contribution in [2.75, 3.05) is 13.7 Å². The Morgan fingerprint density at radius 1 is 1.48 bits per heavy atom. The first-order valence-corrected chi connectivity index (χ1v) is 8.66. The van der Waals surface area contributed by atoms with Crippen molar-refractivity contribution in [3.8, 4) is 0 Å². The van der Waals surface area contributed by atoms with E-state index >= 15 is 0 Å². The fourth-order valence-electron chi connectivity index (χ4n) is 3.15. The molecule has 1 N–H and O–H groups in total. The van der Waals surface area contributed by atoms with Crippen LogP contribution in [0.3, 0.4) is 0 Å². The molecule has 128 valence electrons. The van der Waals surface area contributed by atoms with E-state index in [4.69, 9.17) is 4.74 Å². The van der Waals surface area contributed by atoms with Crippen LogP contribution < -0.4 is 5.32 Å². The van der Waals surface area contributed by atoms with E-state index in [1.54, 1.807) is 17.3 Å². The van der Waals surface area contributed by atoms with E-state index in [0.29, 0.717) is 6.10 Å². The Hall–Kier alpha value is -1.62. The minimum atomic E-state index is -0.0199. The zero-order chi connectivity index (χ0) is 16.7. The van der Waals surface area contributed by atoms with E-state index in [1.165, 1.54) is 0 Å². The van der Waals surface area contributed by atoms with Gasteiger partial charge in [-0.3, -0.25) is 4.98 Å². The maximum absolute atomic E-state index is 12.5. The number of carbonyl (C=O) groups is 1. The average molecular weight is 319 g/mol. The summed E-state index contributed by atoms with van der Waals surface area (Å²) in [6.07, 6.45) is 9.09. The van der Waals surface area contributed by atoms with Crippen molar-refractivity contribution in [2.24, 2.45) is 0 Å². The van der Waals surface area contributed by atoms with Crippen LogP contribution in [0.4, 0.5) is 4.79 Å². The number of amides is 2. The van der Waals surface area contributed by atoms with Crippen molar-refractivity contribution in [1.29, 1.82) is 0 Å². The lowest BCUT2D eigenvalue weighted by Crippen LogP contribution is -2.43. The van der Waals surface area contributed by atoms with Gasteiger partial charge < -0.3 is 15.0 Å². The molecule has 2 heterocycles. The molecule has 0 aromatic carbocycles. The van der Waals surface area contributed by atoms with E-state index in [9.17, 15) is 4.79 Å². The number of hydrogen-bond acceptors (Lipinski definition) is 3. The third kappa shape index (κ3) is 5.20. The Morgan fingerprint density at radius 3 is 2.83 bits per heavy atom. The highest BCUT2D eigenvalue weighted by Crippen LogP contribution is 2.22. The highest BCUT2D eigenvalue weighted by Gasteiger charge is 2.22. The summed E-state index contributed by atoms with van der Waals surface area (Å²) in [6, 6.07) is 4.15. The van der Waals surface area contributed by atoms with Crippen LogP contribution in [0.1, 0.15) is 57.6 Å². The first kappa shape index (κ1) is 17.7. The van der Waals surface area contributed by atoms with Crippen LogP contribution in [0.5, 0.6) is 0 Å². The summed E-state index contributed by atoms with van der Waals surface area (Å²) in [5.74, 6) is 0. The Balaban J connectivity index is 1.82. The third-order valence-electron chi connectivity index (χ3n) is 4.58. The van der Waals surface area contributed by atoms with Crippen LogP contribution in [0.2, 0.25) is 0 Å². The second-order valence-electron chi connectivity index (χ2n) is 6.38. The van der Waals surface area contributed by atoms with Crippen molar-refractivity contribution in [1.82, 2.24) is 15.2 Å². The molecule has 1 aromatic rings. The first-order valence-electron chi connectivity index (χ1n) is 8.66. The number of rotatable bonds is 7. The van der Waals surface area contributed by atoms with E-state index in [1.807, 2.05) is 19.2 Å². The lowest BCUT2D eigenvalue weighted by atomic mass is 10.0. The summed E-state index contributed by atoms with van der Waals surface area (Å²) in [5, 5.41) is 3.10. The maximum Gasteiger partial charge on any atom is 0.317 e. The van der Waals surface area contributed by atoms with Crippen molar-refractivity contribution >= 4 is 6.03 Å². The molecule has 0 saturated carbocycles. The first-order chi connectivity index (χ1) is 11.1. The molecule has 23 heavy (non-hydrogen) atoms. The minimum absolute atomic E-state index is 0.0199. The number of nitrogens with zero attached hydrogens (tertiary/aromatic N) is 2. The molecule has 1 aromatic heterocycles. The van der Waals surface area contributed by atoms with Gasteiger partial charge in [-0.25, -0.2) is 4.79 Å². The molecule has 2 amide bonds. The molecular formula is C18H29N3O2. The minimum Gasteiger partial charge on any atom is -0.378 e. The van der Waals surface area contributed by atoms with Gasteiger partial charge in [0.05, 0.1) is 12.1 Å². The molecule has 1 saturated heterocycles. The van der Waals surface area contributed by atoms with Gasteiger partial charge in [0.15, 0.2) is 0 Å². The topological polar surface area (TPSA) is 54.5 Å². The Bertz CT molecular complexity index is 474. The second kappa shape index (κ2) is 8.87. The van der Waals surface area contributed by atoms with Crippen LogP contribution in [0.15, 0.2) is 24.5 Å². The van der Waals surface area contributed by atoms with E-state index in [0.717, 1.165) is 44.3 Å². The van der Waals surface area contributed by atoms with Crippen LogP contribution in [0, 0.1) is 0 Å². The van der Waals surface area contributed by atoms with Gasteiger partial charge in [0, 0.05) is 32.1 Å². The van der Waals surface area contributed by atoms with E-state index in [2.05, 4.69) is 24.1 Å². The van der Waals surface area contributed by atoms with Crippen LogP contribution in [-0.4, -0.2) is 41.7 Å². The van der Waals surface area contributed by atoms with Gasteiger partial charge in [-0.15, -0.1) is 0 Å². The lowest BCUT2D eigenvalue weighted by Gasteiger charge is -2.29. The molecule has 2 rings (SSSR count). The monoisotopic (exact) mass is 319 g/mol. The second-order valence-corrected chi connectivity index (χ2v) is 6.38. The van der Waals surface area contributed by atoms with Crippen molar-refractivity contribution in [3.05, 3.63) is 30.1 Å². The van der Waals surface area contributed by atoms with Crippen LogP contribution in [-0.2, 0) is 4.74 Å². The summed E-state index contributed by atoms with van der Waals surface area (Å²) in [4.78, 5) is 18.3. The van der Waals surface area contributed by atoms with E-state index in [-0.39, 0.29) is 18.1 Å². The normalized spacial score (nSPS) is 20.0. The third-order valence-corrected chi connectivity index (χ3v) is 4.58. The Labute approximate surface area is 139 Å². The largest absolute Gasteiger partial charge is 0.378 e. The summed E-state index contributed by atoms with van der Waals surface area (Å²) in [6.45, 7) is 5.04. The molecule has 5 nitrogen and oxygen atoms in total. The van der Waals surface area contributed by atoms with Crippen LogP contribution in [0.25, 0.3) is 0 Å². The summed E-state index contributed by atoms with van der Waals surface area (Å²) in [5.41, 5.74) is 1.12. The smallest absolute Gasteiger partial charge is 0.317 e. The Kier molecular flexibility index (Phi) is 6.84. The summed E-state index contributed by atoms with van der Waals surface area (Å²) < 4.78 is 5.64. The van der Waals surface area contributed by atoms with Gasteiger partial charge in [-0.1, -0.05) is 6.92 Å². The average Bonchev–Trinajstić information content (AvgIpc) is 3.08. The molecule has 5 heteroatoms. The molecule has 0 aliphatic carbocycles. The van der Waals surface area contributed by atoms with Crippen molar-refractivity contribution in [3.63, 3.8) is 0 Å². The zero-order valence-corrected chi connectivity index (χ0v) is 14.5. The highest BCUT2D eigenvalue weighted by molar-refractivity contribution is 5.74. The van der Waals surface area contributed by atoms with Gasteiger partial charge in [0.2, 0.25) is 0 Å². The van der Waals surface area contributed by atoms with Gasteiger partial charge in [0.25, 0.3) is 0 Å². The molecule has 1 aliphatic rings. The number of nitrogens with one attached hydrogen (secondary N) is 1. The number of pyridine rings is 1. The standard InChI is InChI=1S/C18H29N3O2/c1-4-17(15-9-11-19-12-10-15)21(3)18(22)20-14(2)7-8-16-6-5-13-23-16/h9-12,14,16-17H,4-8,13H2,1-3H3,(H,20,22)/t14-,16+,17+/m0/s1. The molecule has 0 radical (unpaired) electrons. The lowest BCUT2D eigenvalue weighted by molar-refractivity contribution is 0.0998. The van der Waals surface area contributed by atoms with Gasteiger partial charge in [-0.2, -0.15) is 0 Å². The molecule has 3 atom stereocenters. The number of carbonyl (C=O) groups excluding carboxylic acids is 1. The molecule has 1 fully saturated rings. The van der Waals surface area contributed by atoms with Crippen molar-refractivity contribution in [2.45, 2.75) is 64.1 Å². The number of hydrogen-bond donors (Lipinski definition) is 1. The molecule has 0 unspecified atom stereocenters. The van der Waals surface area contributed by atoms with E-state index < -0.39 is 0 Å². The number of urea groups is 1. The SMILES string of the molecule is CC[C@H](c1ccncc1)N(C)C(=O)N[C@@H](C)CC[C@H]1CCCO1. The fraction of sp³-hybridized carbons (Fsp3) is 0.667. The summed E-state index contributed by atoms with van der Waals surface area (Å²) in [7, 11) is 1.86. The maximum atomic E-state index is 12.5. The summed E-state index contributed by atoms with van der Waals surface area (Å²) >= 11 is 0. The molecule has 1 aliphatic heterocycles. The number of aromatic nitrogens is 1. The molecule has 0 spiro atoms. The van der Waals surface area contributed by atoms with Gasteiger partial charge >= 0.3 is 6.03 Å².